The third-order valence-corrected chi connectivity index (χ3v) is 4.26. The molecule has 1 saturated heterocycles. The summed E-state index contributed by atoms with van der Waals surface area (Å²) in [5.74, 6) is -0.297. The fraction of sp³-hybridized carbons (Fsp3) is 0.588. The Hall–Kier alpha value is -1.73. The van der Waals surface area contributed by atoms with E-state index in [2.05, 4.69) is 20.5 Å². The summed E-state index contributed by atoms with van der Waals surface area (Å²) < 4.78 is 32.0. The molecule has 0 saturated carbocycles. The van der Waals surface area contributed by atoms with E-state index in [9.17, 15) is 8.78 Å². The van der Waals surface area contributed by atoms with Gasteiger partial charge in [-0.25, -0.2) is 8.78 Å². The molecule has 1 fully saturated rings. The van der Waals surface area contributed by atoms with Crippen LogP contribution in [0.15, 0.2) is 23.2 Å². The summed E-state index contributed by atoms with van der Waals surface area (Å²) in [7, 11) is 3.37. The van der Waals surface area contributed by atoms with Crippen molar-refractivity contribution in [2.45, 2.75) is 25.4 Å². The number of halogens is 2. The van der Waals surface area contributed by atoms with Gasteiger partial charge in [-0.15, -0.1) is 0 Å². The molecule has 1 aromatic carbocycles. The minimum absolute atomic E-state index is 0.182. The van der Waals surface area contributed by atoms with Crippen molar-refractivity contribution < 1.29 is 13.5 Å². The van der Waals surface area contributed by atoms with E-state index >= 15 is 0 Å². The van der Waals surface area contributed by atoms with Crippen LogP contribution in [0, 0.1) is 11.6 Å². The molecule has 0 aromatic heterocycles. The van der Waals surface area contributed by atoms with Crippen molar-refractivity contribution >= 4 is 5.96 Å². The first-order valence-corrected chi connectivity index (χ1v) is 8.25. The van der Waals surface area contributed by atoms with Crippen molar-refractivity contribution in [1.82, 2.24) is 15.5 Å². The molecule has 134 valence electrons. The van der Waals surface area contributed by atoms with Crippen molar-refractivity contribution in [3.63, 3.8) is 0 Å². The second-order valence-electron chi connectivity index (χ2n) is 5.87. The highest BCUT2D eigenvalue weighted by molar-refractivity contribution is 5.79. The van der Waals surface area contributed by atoms with Gasteiger partial charge in [-0.2, -0.15) is 0 Å². The monoisotopic (exact) mass is 340 g/mol. The molecule has 1 aliphatic rings. The highest BCUT2D eigenvalue weighted by Crippen LogP contribution is 2.15. The van der Waals surface area contributed by atoms with Crippen LogP contribution in [0.25, 0.3) is 0 Å². The zero-order chi connectivity index (χ0) is 17.4. The van der Waals surface area contributed by atoms with Crippen LogP contribution in [0.1, 0.15) is 18.4 Å². The number of benzene rings is 1. The number of ether oxygens (including phenoxy) is 1. The maximum absolute atomic E-state index is 13.6. The highest BCUT2D eigenvalue weighted by Gasteiger charge is 2.23. The molecule has 7 heteroatoms. The Morgan fingerprint density at radius 2 is 2.21 bits per heavy atom. The van der Waals surface area contributed by atoms with E-state index in [0.29, 0.717) is 12.0 Å². The minimum atomic E-state index is -0.448. The summed E-state index contributed by atoms with van der Waals surface area (Å²) >= 11 is 0. The van der Waals surface area contributed by atoms with E-state index in [1.807, 2.05) is 0 Å². The molecule has 1 aliphatic heterocycles. The number of methoxy groups -OCH3 is 1. The maximum atomic E-state index is 13.6. The third kappa shape index (κ3) is 5.42. The smallest absolute Gasteiger partial charge is 0.191 e. The van der Waals surface area contributed by atoms with Crippen LogP contribution in [0.5, 0.6) is 0 Å². The molecule has 0 aliphatic carbocycles. The molecule has 2 rings (SSSR count). The molecule has 5 nitrogen and oxygen atoms in total. The van der Waals surface area contributed by atoms with Gasteiger partial charge in [0, 0.05) is 45.4 Å². The molecule has 0 amide bonds. The van der Waals surface area contributed by atoms with E-state index < -0.39 is 11.6 Å². The average molecular weight is 340 g/mol. The maximum Gasteiger partial charge on any atom is 0.191 e. The van der Waals surface area contributed by atoms with Gasteiger partial charge in [-0.3, -0.25) is 9.89 Å². The lowest BCUT2D eigenvalue weighted by Crippen LogP contribution is -2.45. The first-order chi connectivity index (χ1) is 11.6. The van der Waals surface area contributed by atoms with Crippen LogP contribution in [0.4, 0.5) is 8.78 Å². The quantitative estimate of drug-likeness (QED) is 0.586. The number of nitrogens with zero attached hydrogens (tertiary/aromatic N) is 2. The molecule has 0 spiro atoms. The lowest BCUT2D eigenvalue weighted by Gasteiger charge is -2.25. The van der Waals surface area contributed by atoms with E-state index in [1.54, 1.807) is 14.2 Å². The Bertz CT molecular complexity index is 553. The zero-order valence-electron chi connectivity index (χ0n) is 14.3. The second-order valence-corrected chi connectivity index (χ2v) is 5.87. The summed E-state index contributed by atoms with van der Waals surface area (Å²) in [5, 5.41) is 6.29. The first kappa shape index (κ1) is 18.6. The summed E-state index contributed by atoms with van der Waals surface area (Å²) in [6, 6.07) is 3.87. The third-order valence-electron chi connectivity index (χ3n) is 4.26. The van der Waals surface area contributed by atoms with Crippen molar-refractivity contribution in [1.29, 1.82) is 0 Å². The van der Waals surface area contributed by atoms with Crippen molar-refractivity contribution in [2.24, 2.45) is 4.99 Å². The fourth-order valence-corrected chi connectivity index (χ4v) is 2.92. The number of aliphatic imine (C=N–C) groups is 1. The summed E-state index contributed by atoms with van der Waals surface area (Å²) in [6.45, 7) is 3.66. The Kier molecular flexibility index (Phi) is 7.39. The summed E-state index contributed by atoms with van der Waals surface area (Å²) in [6.07, 6.45) is 2.31. The predicted molar refractivity (Wildman–Crippen MR) is 91.0 cm³/mol. The lowest BCUT2D eigenvalue weighted by molar-refractivity contribution is 0.141. The van der Waals surface area contributed by atoms with Gasteiger partial charge in [0.15, 0.2) is 5.96 Å². The van der Waals surface area contributed by atoms with E-state index in [0.717, 1.165) is 44.8 Å². The molecule has 1 aromatic rings. The molecule has 0 radical (unpaired) electrons. The number of guanidine groups is 1. The van der Waals surface area contributed by atoms with Crippen LogP contribution in [0.2, 0.25) is 0 Å². The zero-order valence-corrected chi connectivity index (χ0v) is 14.3. The van der Waals surface area contributed by atoms with Gasteiger partial charge in [0.25, 0.3) is 0 Å². The Labute approximate surface area is 142 Å². The molecule has 1 atom stereocenters. The SMILES string of the molecule is CN=C(NCc1cc(F)ccc1F)NCC1CCCN1CCOC. The number of hydrogen-bond acceptors (Lipinski definition) is 3. The molecule has 24 heavy (non-hydrogen) atoms. The largest absolute Gasteiger partial charge is 0.383 e. The minimum Gasteiger partial charge on any atom is -0.383 e. The molecular formula is C17H26F2N4O. The number of nitrogens with one attached hydrogen (secondary N) is 2. The fourth-order valence-electron chi connectivity index (χ4n) is 2.92. The van der Waals surface area contributed by atoms with Crippen LogP contribution in [-0.4, -0.2) is 57.3 Å². The average Bonchev–Trinajstić information content (AvgIpc) is 3.03. The van der Waals surface area contributed by atoms with Crippen LogP contribution >= 0.6 is 0 Å². The normalized spacial score (nSPS) is 18.8. The molecule has 1 heterocycles. The number of rotatable bonds is 7. The number of hydrogen-bond donors (Lipinski definition) is 2. The van der Waals surface area contributed by atoms with Crippen LogP contribution < -0.4 is 10.6 Å². The van der Waals surface area contributed by atoms with Crippen LogP contribution in [0.3, 0.4) is 0 Å². The Balaban J connectivity index is 1.81. The first-order valence-electron chi connectivity index (χ1n) is 8.25. The van der Waals surface area contributed by atoms with Crippen molar-refractivity contribution in [3.8, 4) is 0 Å². The van der Waals surface area contributed by atoms with Crippen LogP contribution in [-0.2, 0) is 11.3 Å². The van der Waals surface area contributed by atoms with Gasteiger partial charge in [0.1, 0.15) is 11.6 Å². The summed E-state index contributed by atoms with van der Waals surface area (Å²) in [5.41, 5.74) is 0.278. The van der Waals surface area contributed by atoms with Gasteiger partial charge in [-0.1, -0.05) is 0 Å². The highest BCUT2D eigenvalue weighted by atomic mass is 19.1. The van der Waals surface area contributed by atoms with Gasteiger partial charge >= 0.3 is 0 Å². The van der Waals surface area contributed by atoms with Gasteiger partial charge < -0.3 is 15.4 Å². The molecular weight excluding hydrogens is 314 g/mol. The Morgan fingerprint density at radius 1 is 1.38 bits per heavy atom. The van der Waals surface area contributed by atoms with E-state index in [1.165, 1.54) is 12.5 Å². The van der Waals surface area contributed by atoms with Crippen molar-refractivity contribution in [3.05, 3.63) is 35.4 Å². The molecule has 1 unspecified atom stereocenters. The van der Waals surface area contributed by atoms with Gasteiger partial charge in [0.2, 0.25) is 0 Å². The van der Waals surface area contributed by atoms with Gasteiger partial charge in [0.05, 0.1) is 6.61 Å². The molecule has 2 N–H and O–H groups in total. The van der Waals surface area contributed by atoms with E-state index in [-0.39, 0.29) is 12.1 Å². The Morgan fingerprint density at radius 3 is 2.96 bits per heavy atom. The predicted octanol–water partition coefficient (Wildman–Crippen LogP) is 1.74. The van der Waals surface area contributed by atoms with Gasteiger partial charge in [-0.05, 0) is 37.6 Å². The topological polar surface area (TPSA) is 48.9 Å². The molecule has 0 bridgehead atoms. The van der Waals surface area contributed by atoms with E-state index in [4.69, 9.17) is 4.74 Å². The standard InChI is InChI=1S/C17H26F2N4O/c1-20-17(21-11-13-10-14(18)5-6-16(13)19)22-12-15-4-3-7-23(15)8-9-24-2/h5-6,10,15H,3-4,7-9,11-12H2,1-2H3,(H2,20,21,22). The summed E-state index contributed by atoms with van der Waals surface area (Å²) in [4.78, 5) is 6.54. The second kappa shape index (κ2) is 9.54. The van der Waals surface area contributed by atoms with Crippen molar-refractivity contribution in [2.75, 3.05) is 40.4 Å². The lowest BCUT2D eigenvalue weighted by atomic mass is 10.2. The number of likely N-dealkylation sites (tertiary alicyclic amines) is 1.